The highest BCUT2D eigenvalue weighted by Gasteiger charge is 2.42. The summed E-state index contributed by atoms with van der Waals surface area (Å²) in [6.45, 7) is 0. The Morgan fingerprint density at radius 1 is 0.690 bits per heavy atom. The minimum Gasteiger partial charge on any atom is -0.478 e. The molecule has 0 aliphatic rings. The van der Waals surface area contributed by atoms with E-state index in [1.807, 2.05) is 0 Å². The fourth-order valence-electron chi connectivity index (χ4n) is 2.34. The normalized spacial score (nSPS) is 12.6. The molecule has 13 heteroatoms. The minimum absolute atomic E-state index is 0.0636. The Labute approximate surface area is 157 Å². The summed E-state index contributed by atoms with van der Waals surface area (Å²) in [5.41, 5.74) is -5.67. The molecule has 0 fully saturated rings. The van der Waals surface area contributed by atoms with E-state index in [0.717, 1.165) is 0 Å². The van der Waals surface area contributed by atoms with Crippen molar-refractivity contribution >= 4 is 21.8 Å². The molecule has 2 N–H and O–H groups in total. The second-order valence-corrected chi connectivity index (χ2v) is 7.42. The van der Waals surface area contributed by atoms with Crippen LogP contribution in [0.4, 0.5) is 26.3 Å². The van der Waals surface area contributed by atoms with Crippen LogP contribution < -0.4 is 0 Å². The first-order chi connectivity index (χ1) is 13.1. The van der Waals surface area contributed by atoms with Crippen molar-refractivity contribution in [1.29, 1.82) is 0 Å². The third-order valence-corrected chi connectivity index (χ3v) is 5.48. The predicted molar refractivity (Wildman–Crippen MR) is 82.3 cm³/mol. The molecule has 0 amide bonds. The largest absolute Gasteiger partial charge is 0.478 e. The first-order valence-corrected chi connectivity index (χ1v) is 8.69. The fraction of sp³-hybridized carbons (Fsp3) is 0.125. The van der Waals surface area contributed by atoms with Gasteiger partial charge in [0.1, 0.15) is 0 Å². The Bertz CT molecular complexity index is 1020. The van der Waals surface area contributed by atoms with E-state index in [-0.39, 0.29) is 24.3 Å². The molecule has 2 aromatic rings. The summed E-state index contributed by atoms with van der Waals surface area (Å²) in [5.74, 6) is -3.66. The van der Waals surface area contributed by atoms with Gasteiger partial charge in [-0.05, 0) is 36.4 Å². The average molecular weight is 442 g/mol. The molecule has 29 heavy (non-hydrogen) atoms. The SMILES string of the molecule is O=C(O)c1ccc(C(F)(F)F)c(S(=O)(=O)c2cc(C(=O)O)ccc2C(F)(F)F)c1. The molecule has 2 rings (SSSR count). The maximum absolute atomic E-state index is 13.2. The maximum atomic E-state index is 13.2. The summed E-state index contributed by atoms with van der Waals surface area (Å²) < 4.78 is 105. The van der Waals surface area contributed by atoms with Crippen LogP contribution in [-0.2, 0) is 22.2 Å². The lowest BCUT2D eigenvalue weighted by atomic mass is 10.1. The number of halogens is 6. The van der Waals surface area contributed by atoms with E-state index < -0.39 is 66.2 Å². The summed E-state index contributed by atoms with van der Waals surface area (Å²) >= 11 is 0. The van der Waals surface area contributed by atoms with Crippen LogP contribution in [-0.4, -0.2) is 30.6 Å². The quantitative estimate of drug-likeness (QED) is 0.695. The van der Waals surface area contributed by atoms with Crippen molar-refractivity contribution in [2.75, 3.05) is 0 Å². The van der Waals surface area contributed by atoms with E-state index in [2.05, 4.69) is 0 Å². The van der Waals surface area contributed by atoms with Gasteiger partial charge in [-0.2, -0.15) is 26.3 Å². The molecule has 2 aromatic carbocycles. The lowest BCUT2D eigenvalue weighted by Gasteiger charge is -2.17. The van der Waals surface area contributed by atoms with Gasteiger partial charge in [0, 0.05) is 0 Å². The van der Waals surface area contributed by atoms with Gasteiger partial charge >= 0.3 is 24.3 Å². The summed E-state index contributed by atoms with van der Waals surface area (Å²) in [5, 5.41) is 17.8. The third kappa shape index (κ3) is 4.34. The van der Waals surface area contributed by atoms with E-state index in [4.69, 9.17) is 10.2 Å². The van der Waals surface area contributed by atoms with Crippen LogP contribution >= 0.6 is 0 Å². The number of hydrogen-bond acceptors (Lipinski definition) is 4. The van der Waals surface area contributed by atoms with Gasteiger partial charge < -0.3 is 10.2 Å². The van der Waals surface area contributed by atoms with Crippen LogP contribution in [0.5, 0.6) is 0 Å². The zero-order valence-electron chi connectivity index (χ0n) is 13.7. The molecule has 0 radical (unpaired) electrons. The number of hydrogen-bond donors (Lipinski definition) is 2. The lowest BCUT2D eigenvalue weighted by molar-refractivity contribution is -0.140. The Kier molecular flexibility index (Phi) is 5.41. The van der Waals surface area contributed by atoms with Gasteiger partial charge in [0.25, 0.3) is 0 Å². The number of sulfone groups is 1. The minimum atomic E-state index is -5.65. The van der Waals surface area contributed by atoms with E-state index in [9.17, 15) is 44.3 Å². The number of carbonyl (C=O) groups is 2. The van der Waals surface area contributed by atoms with Gasteiger partial charge in [-0.1, -0.05) is 0 Å². The third-order valence-electron chi connectivity index (χ3n) is 3.65. The molecule has 0 aliphatic carbocycles. The Morgan fingerprint density at radius 2 is 1.00 bits per heavy atom. The summed E-state index contributed by atoms with van der Waals surface area (Å²) in [6.07, 6.45) is -10.7. The molecule has 156 valence electrons. The number of carboxylic acid groups (broad SMARTS) is 2. The zero-order chi connectivity index (χ0) is 22.4. The Morgan fingerprint density at radius 3 is 1.24 bits per heavy atom. The van der Waals surface area contributed by atoms with Crippen molar-refractivity contribution in [3.8, 4) is 0 Å². The molecule has 0 atom stereocenters. The number of carboxylic acids is 2. The first kappa shape index (κ1) is 22.2. The highest BCUT2D eigenvalue weighted by Crippen LogP contribution is 2.41. The molecule has 0 heterocycles. The maximum Gasteiger partial charge on any atom is 0.417 e. The number of alkyl halides is 6. The summed E-state index contributed by atoms with van der Waals surface area (Å²) in [6, 6.07) is 1.20. The fourth-order valence-corrected chi connectivity index (χ4v) is 4.09. The van der Waals surface area contributed by atoms with Gasteiger partial charge in [-0.15, -0.1) is 0 Å². The first-order valence-electron chi connectivity index (χ1n) is 7.21. The van der Waals surface area contributed by atoms with Crippen molar-refractivity contribution in [3.63, 3.8) is 0 Å². The van der Waals surface area contributed by atoms with Crippen LogP contribution in [0, 0.1) is 0 Å². The van der Waals surface area contributed by atoms with Crippen molar-refractivity contribution in [2.24, 2.45) is 0 Å². The van der Waals surface area contributed by atoms with E-state index >= 15 is 0 Å². The Hall–Kier alpha value is -3.09. The average Bonchev–Trinajstić information content (AvgIpc) is 2.59. The van der Waals surface area contributed by atoms with Gasteiger partial charge in [0.2, 0.25) is 9.84 Å². The second-order valence-electron chi connectivity index (χ2n) is 5.53. The highest BCUT2D eigenvalue weighted by atomic mass is 32.2. The van der Waals surface area contributed by atoms with E-state index in [1.54, 1.807) is 0 Å². The van der Waals surface area contributed by atoms with Crippen molar-refractivity contribution in [2.45, 2.75) is 22.1 Å². The Balaban J connectivity index is 2.96. The molecule has 0 aromatic heterocycles. The van der Waals surface area contributed by atoms with Crippen LogP contribution in [0.1, 0.15) is 31.8 Å². The zero-order valence-corrected chi connectivity index (χ0v) is 14.5. The molecular weight excluding hydrogens is 434 g/mol. The van der Waals surface area contributed by atoms with Crippen molar-refractivity contribution < 1.29 is 54.6 Å². The van der Waals surface area contributed by atoms with Crippen LogP contribution in [0.2, 0.25) is 0 Å². The molecule has 6 nitrogen and oxygen atoms in total. The molecule has 0 saturated carbocycles. The lowest BCUT2D eigenvalue weighted by Crippen LogP contribution is -2.19. The topological polar surface area (TPSA) is 109 Å². The van der Waals surface area contributed by atoms with Crippen LogP contribution in [0.15, 0.2) is 46.2 Å². The van der Waals surface area contributed by atoms with Crippen LogP contribution in [0.25, 0.3) is 0 Å². The molecule has 0 aliphatic heterocycles. The second kappa shape index (κ2) is 7.06. The van der Waals surface area contributed by atoms with Gasteiger partial charge in [-0.25, -0.2) is 18.0 Å². The van der Waals surface area contributed by atoms with Gasteiger partial charge in [0.15, 0.2) is 0 Å². The molecule has 0 saturated heterocycles. The van der Waals surface area contributed by atoms with Crippen molar-refractivity contribution in [1.82, 2.24) is 0 Å². The van der Waals surface area contributed by atoms with Gasteiger partial charge in [0.05, 0.1) is 32.0 Å². The molecule has 0 spiro atoms. The standard InChI is InChI=1S/C16H8F6O6S/c17-15(18,19)9-3-1-7(13(23)24)5-11(9)29(27,28)12-6-8(14(25)26)2-4-10(12)16(20,21)22/h1-6H,(H,23,24)(H,25,26). The molecule has 0 unspecified atom stereocenters. The van der Waals surface area contributed by atoms with E-state index in [0.29, 0.717) is 12.1 Å². The number of aromatic carboxylic acids is 2. The summed E-state index contributed by atoms with van der Waals surface area (Å²) in [7, 11) is -5.65. The molecule has 0 bridgehead atoms. The highest BCUT2D eigenvalue weighted by molar-refractivity contribution is 7.91. The summed E-state index contributed by atoms with van der Waals surface area (Å²) in [4.78, 5) is 18.5. The smallest absolute Gasteiger partial charge is 0.417 e. The van der Waals surface area contributed by atoms with Crippen molar-refractivity contribution in [3.05, 3.63) is 58.7 Å². The number of benzene rings is 2. The van der Waals surface area contributed by atoms with Crippen LogP contribution in [0.3, 0.4) is 0 Å². The monoisotopic (exact) mass is 442 g/mol. The predicted octanol–water partition coefficient (Wildman–Crippen LogP) is 3.95. The number of rotatable bonds is 4. The van der Waals surface area contributed by atoms with Gasteiger partial charge in [-0.3, -0.25) is 0 Å². The van der Waals surface area contributed by atoms with E-state index in [1.165, 1.54) is 0 Å². The molecular formula is C16H8F6O6S.